The minimum atomic E-state index is -0.0516. The summed E-state index contributed by atoms with van der Waals surface area (Å²) in [6.07, 6.45) is -0.0516. The van der Waals surface area contributed by atoms with Gasteiger partial charge in [0.15, 0.2) is 5.82 Å². The van der Waals surface area contributed by atoms with Gasteiger partial charge >= 0.3 is 0 Å². The average Bonchev–Trinajstić information content (AvgIpc) is 2.17. The predicted molar refractivity (Wildman–Crippen MR) is 64.0 cm³/mol. The van der Waals surface area contributed by atoms with E-state index in [0.717, 1.165) is 22.8 Å². The molecule has 1 rings (SSSR count). The van der Waals surface area contributed by atoms with Gasteiger partial charge in [0.25, 0.3) is 0 Å². The third-order valence-electron chi connectivity index (χ3n) is 2.76. The Morgan fingerprint density at radius 1 is 1.19 bits per heavy atom. The standard InChI is InChI=1S/C12H21N3O/c1-7(2)11(16-5)12-14-8(3)10(6-13)9(4)15-12/h7,11H,6,13H2,1-5H3. The van der Waals surface area contributed by atoms with Crippen LogP contribution in [0.5, 0.6) is 0 Å². The number of methoxy groups -OCH3 is 1. The van der Waals surface area contributed by atoms with E-state index in [2.05, 4.69) is 23.8 Å². The lowest BCUT2D eigenvalue weighted by atomic mass is 10.1. The summed E-state index contributed by atoms with van der Waals surface area (Å²) < 4.78 is 5.43. The molecule has 1 heterocycles. The van der Waals surface area contributed by atoms with Crippen LogP contribution in [0, 0.1) is 19.8 Å². The number of nitrogens with zero attached hydrogens (tertiary/aromatic N) is 2. The van der Waals surface area contributed by atoms with Gasteiger partial charge in [-0.05, 0) is 19.8 Å². The first-order valence-corrected chi connectivity index (χ1v) is 5.58. The molecule has 0 aliphatic carbocycles. The van der Waals surface area contributed by atoms with Crippen molar-refractivity contribution in [1.29, 1.82) is 0 Å². The third-order valence-corrected chi connectivity index (χ3v) is 2.76. The van der Waals surface area contributed by atoms with Crippen molar-refractivity contribution < 1.29 is 4.74 Å². The van der Waals surface area contributed by atoms with E-state index in [1.807, 2.05) is 13.8 Å². The monoisotopic (exact) mass is 223 g/mol. The Balaban J connectivity index is 3.16. The normalized spacial score (nSPS) is 13.2. The van der Waals surface area contributed by atoms with Gasteiger partial charge in [0.2, 0.25) is 0 Å². The van der Waals surface area contributed by atoms with Gasteiger partial charge in [-0.1, -0.05) is 13.8 Å². The molecule has 90 valence electrons. The van der Waals surface area contributed by atoms with Crippen molar-refractivity contribution >= 4 is 0 Å². The second-order valence-electron chi connectivity index (χ2n) is 4.34. The molecule has 16 heavy (non-hydrogen) atoms. The van der Waals surface area contributed by atoms with E-state index in [1.165, 1.54) is 0 Å². The van der Waals surface area contributed by atoms with Crippen molar-refractivity contribution in [3.8, 4) is 0 Å². The highest BCUT2D eigenvalue weighted by Crippen LogP contribution is 2.23. The Hall–Kier alpha value is -1.00. The Bertz CT molecular complexity index is 340. The van der Waals surface area contributed by atoms with Crippen LogP contribution in [0.15, 0.2) is 0 Å². The lowest BCUT2D eigenvalue weighted by molar-refractivity contribution is 0.0571. The zero-order valence-corrected chi connectivity index (χ0v) is 10.7. The third kappa shape index (κ3) is 2.57. The first kappa shape index (κ1) is 13.1. The van der Waals surface area contributed by atoms with E-state index in [9.17, 15) is 0 Å². The van der Waals surface area contributed by atoms with Crippen LogP contribution in [0.3, 0.4) is 0 Å². The number of ether oxygens (including phenoxy) is 1. The molecule has 0 fully saturated rings. The first-order chi connectivity index (χ1) is 7.51. The summed E-state index contributed by atoms with van der Waals surface area (Å²) in [5.41, 5.74) is 8.59. The number of rotatable bonds is 4. The first-order valence-electron chi connectivity index (χ1n) is 5.58. The quantitative estimate of drug-likeness (QED) is 0.846. The summed E-state index contributed by atoms with van der Waals surface area (Å²) in [4.78, 5) is 8.96. The average molecular weight is 223 g/mol. The molecule has 0 aliphatic rings. The van der Waals surface area contributed by atoms with Crippen LogP contribution in [-0.4, -0.2) is 17.1 Å². The highest BCUT2D eigenvalue weighted by Gasteiger charge is 2.19. The van der Waals surface area contributed by atoms with Crippen molar-refractivity contribution in [2.24, 2.45) is 11.7 Å². The summed E-state index contributed by atoms with van der Waals surface area (Å²) in [5.74, 6) is 1.11. The van der Waals surface area contributed by atoms with Gasteiger partial charge in [0.05, 0.1) is 0 Å². The second-order valence-corrected chi connectivity index (χ2v) is 4.34. The molecule has 0 saturated heterocycles. The van der Waals surface area contributed by atoms with Crippen LogP contribution >= 0.6 is 0 Å². The lowest BCUT2D eigenvalue weighted by Crippen LogP contribution is -2.16. The second kappa shape index (κ2) is 5.37. The Labute approximate surface area is 97.2 Å². The summed E-state index contributed by atoms with van der Waals surface area (Å²) in [7, 11) is 1.69. The van der Waals surface area contributed by atoms with E-state index < -0.39 is 0 Å². The van der Waals surface area contributed by atoms with Crippen molar-refractivity contribution in [3.05, 3.63) is 22.8 Å². The SMILES string of the molecule is COC(c1nc(C)c(CN)c(C)n1)C(C)C. The zero-order chi connectivity index (χ0) is 12.3. The van der Waals surface area contributed by atoms with E-state index in [0.29, 0.717) is 12.5 Å². The predicted octanol–water partition coefficient (Wildman–Crippen LogP) is 1.90. The number of aromatic nitrogens is 2. The molecule has 0 aromatic carbocycles. The molecule has 0 bridgehead atoms. The van der Waals surface area contributed by atoms with E-state index in [1.54, 1.807) is 7.11 Å². The van der Waals surface area contributed by atoms with Gasteiger partial charge in [-0.25, -0.2) is 9.97 Å². The number of hydrogen-bond donors (Lipinski definition) is 1. The molecular weight excluding hydrogens is 202 g/mol. The van der Waals surface area contributed by atoms with E-state index >= 15 is 0 Å². The molecule has 2 N–H and O–H groups in total. The Morgan fingerprint density at radius 3 is 2.00 bits per heavy atom. The molecule has 0 saturated carbocycles. The highest BCUT2D eigenvalue weighted by molar-refractivity contribution is 5.24. The fourth-order valence-electron chi connectivity index (χ4n) is 1.86. The molecule has 4 heteroatoms. The van der Waals surface area contributed by atoms with Crippen LogP contribution in [0.1, 0.15) is 42.7 Å². The maximum absolute atomic E-state index is 5.66. The summed E-state index contributed by atoms with van der Waals surface area (Å²) in [6.45, 7) is 8.61. The maximum Gasteiger partial charge on any atom is 0.157 e. The fourth-order valence-corrected chi connectivity index (χ4v) is 1.86. The molecule has 0 radical (unpaired) electrons. The minimum absolute atomic E-state index is 0.0516. The molecule has 1 atom stereocenters. The maximum atomic E-state index is 5.66. The van der Waals surface area contributed by atoms with Gasteiger partial charge in [0, 0.05) is 30.6 Å². The van der Waals surface area contributed by atoms with Crippen LogP contribution < -0.4 is 5.73 Å². The van der Waals surface area contributed by atoms with E-state index in [-0.39, 0.29) is 6.10 Å². The highest BCUT2D eigenvalue weighted by atomic mass is 16.5. The molecule has 1 aromatic rings. The number of aryl methyl sites for hydroxylation is 2. The van der Waals surface area contributed by atoms with Crippen molar-refractivity contribution in [2.75, 3.05) is 7.11 Å². The molecule has 0 aliphatic heterocycles. The summed E-state index contributed by atoms with van der Waals surface area (Å²) in [6, 6.07) is 0. The van der Waals surface area contributed by atoms with Gasteiger partial charge < -0.3 is 10.5 Å². The largest absolute Gasteiger partial charge is 0.373 e. The molecule has 4 nitrogen and oxygen atoms in total. The van der Waals surface area contributed by atoms with Gasteiger partial charge in [-0.15, -0.1) is 0 Å². The topological polar surface area (TPSA) is 61.0 Å². The van der Waals surface area contributed by atoms with Gasteiger partial charge in [-0.3, -0.25) is 0 Å². The Kier molecular flexibility index (Phi) is 4.38. The number of hydrogen-bond acceptors (Lipinski definition) is 4. The van der Waals surface area contributed by atoms with Crippen LogP contribution in [0.4, 0.5) is 0 Å². The van der Waals surface area contributed by atoms with Gasteiger partial charge in [0.1, 0.15) is 6.10 Å². The molecular formula is C12H21N3O. The van der Waals surface area contributed by atoms with Crippen molar-refractivity contribution in [3.63, 3.8) is 0 Å². The summed E-state index contributed by atoms with van der Waals surface area (Å²) >= 11 is 0. The smallest absolute Gasteiger partial charge is 0.157 e. The van der Waals surface area contributed by atoms with E-state index in [4.69, 9.17) is 10.5 Å². The molecule has 1 aromatic heterocycles. The van der Waals surface area contributed by atoms with Crippen molar-refractivity contribution in [2.45, 2.75) is 40.3 Å². The number of nitrogens with two attached hydrogens (primary N) is 1. The van der Waals surface area contributed by atoms with Gasteiger partial charge in [-0.2, -0.15) is 0 Å². The summed E-state index contributed by atoms with van der Waals surface area (Å²) in [5, 5.41) is 0. The molecule has 0 amide bonds. The lowest BCUT2D eigenvalue weighted by Gasteiger charge is -2.19. The zero-order valence-electron chi connectivity index (χ0n) is 10.7. The Morgan fingerprint density at radius 2 is 1.69 bits per heavy atom. The minimum Gasteiger partial charge on any atom is -0.373 e. The molecule has 1 unspecified atom stereocenters. The van der Waals surface area contributed by atoms with Crippen LogP contribution in [-0.2, 0) is 11.3 Å². The van der Waals surface area contributed by atoms with Crippen molar-refractivity contribution in [1.82, 2.24) is 9.97 Å². The fraction of sp³-hybridized carbons (Fsp3) is 0.667. The van der Waals surface area contributed by atoms with Crippen LogP contribution in [0.2, 0.25) is 0 Å². The molecule has 0 spiro atoms. The van der Waals surface area contributed by atoms with Crippen LogP contribution in [0.25, 0.3) is 0 Å².